The molecule has 3 rings (SSSR count). The van der Waals surface area contributed by atoms with Crippen LogP contribution in [0.4, 0.5) is 0 Å². The summed E-state index contributed by atoms with van der Waals surface area (Å²) in [6.07, 6.45) is -0.0395. The van der Waals surface area contributed by atoms with Gasteiger partial charge < -0.3 is 14.8 Å². The lowest BCUT2D eigenvalue weighted by Crippen LogP contribution is -2.25. The summed E-state index contributed by atoms with van der Waals surface area (Å²) in [4.78, 5) is 26.7. The first-order chi connectivity index (χ1) is 12.0. The Hall–Kier alpha value is -3.15. The highest BCUT2D eigenvalue weighted by molar-refractivity contribution is 5.93. The Morgan fingerprint density at radius 2 is 1.72 bits per heavy atom. The first-order valence-corrected chi connectivity index (χ1v) is 7.91. The summed E-state index contributed by atoms with van der Waals surface area (Å²) in [6.45, 7) is 2.53. The van der Waals surface area contributed by atoms with Crippen LogP contribution in [0.15, 0.2) is 48.5 Å². The number of rotatable bonds is 6. The van der Waals surface area contributed by atoms with Crippen LogP contribution in [0.1, 0.15) is 17.0 Å². The number of carbonyl (C=O) groups is 2. The van der Waals surface area contributed by atoms with E-state index < -0.39 is 17.9 Å². The van der Waals surface area contributed by atoms with Gasteiger partial charge >= 0.3 is 11.9 Å². The third kappa shape index (κ3) is 3.52. The second-order valence-electron chi connectivity index (χ2n) is 5.99. The number of nitrogens with zero attached hydrogens (tertiary/aromatic N) is 2. The van der Waals surface area contributed by atoms with E-state index in [1.54, 1.807) is 6.07 Å². The molecule has 0 bridgehead atoms. The average Bonchev–Trinajstić information content (AvgIpc) is 2.88. The normalized spacial score (nSPS) is 11.1. The van der Waals surface area contributed by atoms with Gasteiger partial charge in [0.25, 0.3) is 0 Å². The standard InChI is InChI=1S/C19H18N2O4/c1-12-20-16-7-2-3-8-17(16)21(12)11-14-6-4-5-13(9-14)10-15(18(22)23)19(24)25/h2-9,15H,10-11H2,1H3,(H,22,23)(H,24,25). The van der Waals surface area contributed by atoms with E-state index in [0.717, 1.165) is 22.4 Å². The van der Waals surface area contributed by atoms with Crippen molar-refractivity contribution >= 4 is 23.0 Å². The molecule has 3 aromatic rings. The number of aromatic nitrogens is 2. The predicted molar refractivity (Wildman–Crippen MR) is 92.5 cm³/mol. The average molecular weight is 338 g/mol. The summed E-state index contributed by atoms with van der Waals surface area (Å²) in [5.41, 5.74) is 3.61. The molecule has 1 heterocycles. The molecule has 0 aliphatic heterocycles. The Balaban J connectivity index is 1.88. The molecule has 0 atom stereocenters. The molecule has 0 radical (unpaired) electrons. The van der Waals surface area contributed by atoms with Crippen LogP contribution in [0.25, 0.3) is 11.0 Å². The lowest BCUT2D eigenvalue weighted by atomic mass is 9.98. The Kier molecular flexibility index (Phi) is 4.52. The van der Waals surface area contributed by atoms with Crippen LogP contribution in [-0.2, 0) is 22.6 Å². The van der Waals surface area contributed by atoms with Crippen LogP contribution in [0, 0.1) is 12.8 Å². The zero-order valence-corrected chi connectivity index (χ0v) is 13.7. The molecule has 0 spiro atoms. The van der Waals surface area contributed by atoms with Gasteiger partial charge in [0, 0.05) is 6.54 Å². The molecule has 0 saturated heterocycles. The number of aliphatic carboxylic acids is 2. The molecule has 0 saturated carbocycles. The number of carboxylic acid groups (broad SMARTS) is 2. The Labute approximate surface area is 144 Å². The third-order valence-corrected chi connectivity index (χ3v) is 4.21. The second-order valence-corrected chi connectivity index (χ2v) is 5.99. The number of aryl methyl sites for hydroxylation is 1. The van der Waals surface area contributed by atoms with Crippen molar-refractivity contribution in [1.29, 1.82) is 0 Å². The van der Waals surface area contributed by atoms with Crippen LogP contribution in [0.5, 0.6) is 0 Å². The fraction of sp³-hybridized carbons (Fsp3) is 0.211. The Morgan fingerprint density at radius 3 is 2.44 bits per heavy atom. The van der Waals surface area contributed by atoms with E-state index in [-0.39, 0.29) is 6.42 Å². The van der Waals surface area contributed by atoms with Gasteiger partial charge in [0.15, 0.2) is 5.92 Å². The van der Waals surface area contributed by atoms with Gasteiger partial charge in [-0.15, -0.1) is 0 Å². The first-order valence-electron chi connectivity index (χ1n) is 7.91. The monoisotopic (exact) mass is 338 g/mol. The third-order valence-electron chi connectivity index (χ3n) is 4.21. The van der Waals surface area contributed by atoms with Crippen molar-refractivity contribution < 1.29 is 19.8 Å². The van der Waals surface area contributed by atoms with Crippen molar-refractivity contribution in [3.63, 3.8) is 0 Å². The van der Waals surface area contributed by atoms with Crippen LogP contribution in [0.3, 0.4) is 0 Å². The molecule has 6 nitrogen and oxygen atoms in total. The van der Waals surface area contributed by atoms with E-state index in [0.29, 0.717) is 12.1 Å². The zero-order valence-electron chi connectivity index (χ0n) is 13.7. The van der Waals surface area contributed by atoms with Crippen molar-refractivity contribution in [2.75, 3.05) is 0 Å². The summed E-state index contributed by atoms with van der Waals surface area (Å²) in [5.74, 6) is -3.20. The van der Waals surface area contributed by atoms with Gasteiger partial charge in [0.05, 0.1) is 11.0 Å². The van der Waals surface area contributed by atoms with Crippen molar-refractivity contribution in [3.8, 4) is 0 Å². The lowest BCUT2D eigenvalue weighted by Gasteiger charge is -2.11. The second kappa shape index (κ2) is 6.76. The number of para-hydroxylation sites is 2. The number of carboxylic acids is 2. The van der Waals surface area contributed by atoms with Crippen molar-refractivity contribution in [2.24, 2.45) is 5.92 Å². The molecule has 6 heteroatoms. The number of imidazole rings is 1. The smallest absolute Gasteiger partial charge is 0.318 e. The van der Waals surface area contributed by atoms with Crippen molar-refractivity contribution in [1.82, 2.24) is 9.55 Å². The summed E-state index contributed by atoms with van der Waals surface area (Å²) in [6, 6.07) is 15.2. The van der Waals surface area contributed by atoms with Gasteiger partial charge in [-0.2, -0.15) is 0 Å². The van der Waals surface area contributed by atoms with Crippen LogP contribution in [-0.4, -0.2) is 31.7 Å². The first kappa shape index (κ1) is 16.7. The highest BCUT2D eigenvalue weighted by Crippen LogP contribution is 2.19. The highest BCUT2D eigenvalue weighted by atomic mass is 16.4. The summed E-state index contributed by atoms with van der Waals surface area (Å²) in [5, 5.41) is 18.1. The molecule has 2 aromatic carbocycles. The molecular formula is C19H18N2O4. The van der Waals surface area contributed by atoms with Crippen molar-refractivity contribution in [2.45, 2.75) is 19.9 Å². The minimum absolute atomic E-state index is 0.0395. The zero-order chi connectivity index (χ0) is 18.0. The molecule has 1 aromatic heterocycles. The largest absolute Gasteiger partial charge is 0.481 e. The molecule has 0 aliphatic rings. The molecule has 0 amide bonds. The van der Waals surface area contributed by atoms with Gasteiger partial charge in [-0.3, -0.25) is 9.59 Å². The minimum atomic E-state index is -1.44. The summed E-state index contributed by atoms with van der Waals surface area (Å²) >= 11 is 0. The van der Waals surface area contributed by atoms with Gasteiger partial charge in [0.1, 0.15) is 5.82 Å². The van der Waals surface area contributed by atoms with Crippen molar-refractivity contribution in [3.05, 3.63) is 65.5 Å². The van der Waals surface area contributed by atoms with Gasteiger partial charge in [-0.1, -0.05) is 36.4 Å². The van der Waals surface area contributed by atoms with Crippen LogP contribution in [0.2, 0.25) is 0 Å². The van der Waals surface area contributed by atoms with Gasteiger partial charge in [-0.25, -0.2) is 4.98 Å². The number of fused-ring (bicyclic) bond motifs is 1. The maximum absolute atomic E-state index is 11.1. The van der Waals surface area contributed by atoms with Gasteiger partial charge in [-0.05, 0) is 36.6 Å². The minimum Gasteiger partial charge on any atom is -0.481 e. The molecular weight excluding hydrogens is 320 g/mol. The van der Waals surface area contributed by atoms with E-state index in [2.05, 4.69) is 9.55 Å². The van der Waals surface area contributed by atoms with E-state index in [4.69, 9.17) is 10.2 Å². The van der Waals surface area contributed by atoms with Gasteiger partial charge in [0.2, 0.25) is 0 Å². The fourth-order valence-electron chi connectivity index (χ4n) is 2.95. The molecule has 0 unspecified atom stereocenters. The molecule has 0 fully saturated rings. The maximum Gasteiger partial charge on any atom is 0.318 e. The number of hydrogen-bond donors (Lipinski definition) is 2. The highest BCUT2D eigenvalue weighted by Gasteiger charge is 2.25. The van der Waals surface area contributed by atoms with Crippen LogP contribution >= 0.6 is 0 Å². The number of hydrogen-bond acceptors (Lipinski definition) is 3. The lowest BCUT2D eigenvalue weighted by molar-refractivity contribution is -0.154. The maximum atomic E-state index is 11.1. The Morgan fingerprint density at radius 1 is 1.04 bits per heavy atom. The van der Waals surface area contributed by atoms with E-state index in [9.17, 15) is 9.59 Å². The van der Waals surface area contributed by atoms with E-state index in [1.807, 2.05) is 49.4 Å². The van der Waals surface area contributed by atoms with E-state index in [1.165, 1.54) is 0 Å². The predicted octanol–water partition coefficient (Wildman–Crippen LogP) is 2.72. The summed E-state index contributed by atoms with van der Waals surface area (Å²) in [7, 11) is 0. The molecule has 2 N–H and O–H groups in total. The quantitative estimate of drug-likeness (QED) is 0.674. The van der Waals surface area contributed by atoms with E-state index >= 15 is 0 Å². The molecule has 25 heavy (non-hydrogen) atoms. The fourth-order valence-corrected chi connectivity index (χ4v) is 2.95. The molecule has 0 aliphatic carbocycles. The van der Waals surface area contributed by atoms with Crippen LogP contribution < -0.4 is 0 Å². The SMILES string of the molecule is Cc1nc2ccccc2n1Cc1cccc(CC(C(=O)O)C(=O)O)c1. The number of benzene rings is 2. The topological polar surface area (TPSA) is 92.4 Å². The Bertz CT molecular complexity index is 932. The summed E-state index contributed by atoms with van der Waals surface area (Å²) < 4.78 is 2.08. The molecule has 128 valence electrons.